The van der Waals surface area contributed by atoms with Gasteiger partial charge in [0.25, 0.3) is 5.91 Å². The van der Waals surface area contributed by atoms with E-state index >= 15 is 0 Å². The zero-order valence-corrected chi connectivity index (χ0v) is 45.5. The summed E-state index contributed by atoms with van der Waals surface area (Å²) >= 11 is 7.89. The van der Waals surface area contributed by atoms with Gasteiger partial charge in [-0.3, -0.25) is 33.5 Å². The number of ether oxygens (including phenoxy) is 3. The van der Waals surface area contributed by atoms with Crippen LogP contribution in [-0.4, -0.2) is 162 Å². The molecule has 3 aromatic heterocycles. The Morgan fingerprint density at radius 2 is 1.46 bits per heavy atom. The fourth-order valence-corrected chi connectivity index (χ4v) is 11.3. The molecular formula is C54H69ClFN11O8S. The number of amides is 5. The maximum atomic E-state index is 14.4. The van der Waals surface area contributed by atoms with E-state index in [4.69, 9.17) is 30.8 Å². The van der Waals surface area contributed by atoms with E-state index in [0.29, 0.717) is 48.1 Å². The molecule has 0 bridgehead atoms. The van der Waals surface area contributed by atoms with Gasteiger partial charge in [0.05, 0.1) is 57.8 Å². The number of carbonyl (C=O) groups excluding carboxylic acids is 5. The van der Waals surface area contributed by atoms with Crippen molar-refractivity contribution in [3.8, 4) is 5.00 Å². The molecule has 19 nitrogen and oxygen atoms in total. The summed E-state index contributed by atoms with van der Waals surface area (Å²) in [5.74, 6) is -0.333. The molecule has 4 N–H and O–H groups in total. The maximum absolute atomic E-state index is 14.4. The minimum absolute atomic E-state index is 0.0505. The number of nitrogens with zero attached hydrogens (tertiary/aromatic N) is 7. The van der Waals surface area contributed by atoms with Crippen molar-refractivity contribution in [2.75, 3.05) is 86.0 Å². The SMILES string of the molecule is CN[C@@H](C)C(=O)NC(C(=O)N1CCN(C(=O)c2cc3cc(F)ccc3n2CC(=O)NCCOCCOCCOCCNC(=O)C[C@@H]2N=C(c3ccc(Cl)cc3)c3c(sc(C)c3C)-n3c(C)nnc32)CC1)C1CCCCC1. The van der Waals surface area contributed by atoms with Crippen LogP contribution in [0.2, 0.25) is 5.02 Å². The number of aryl methyl sites for hydroxylation is 2. The van der Waals surface area contributed by atoms with Crippen LogP contribution in [0.4, 0.5) is 4.39 Å². The standard InChI is InChI=1S/C54H69ClFN11O8S/c1-33-35(3)76-54-47(33)48(38-11-13-40(55)14-12-38)60-42(50-63-62-36(4)67(50)54)31-45(68)58-17-23-73-25-27-75-28-26-74-24-18-59-46(69)32-66-43-16-15-41(56)29-39(43)30-44(66)52(71)64-19-21-65(22-20-64)53(72)49(37-9-7-6-8-10-37)61-51(70)34(2)57-5/h11-16,29-30,34,37,42,49,57H,6-10,17-28,31-32H2,1-5H3,(H,58,68)(H,59,69)(H,61,70)/t34-,42-,49?/m0/s1. The van der Waals surface area contributed by atoms with Crippen molar-refractivity contribution in [3.63, 3.8) is 0 Å². The summed E-state index contributed by atoms with van der Waals surface area (Å²) in [5, 5.41) is 22.7. The zero-order valence-electron chi connectivity index (χ0n) is 43.9. The lowest BCUT2D eigenvalue weighted by Gasteiger charge is -2.39. The summed E-state index contributed by atoms with van der Waals surface area (Å²) in [4.78, 5) is 77.2. The van der Waals surface area contributed by atoms with E-state index in [0.717, 1.165) is 70.2 Å². The third-order valence-corrected chi connectivity index (χ3v) is 15.8. The van der Waals surface area contributed by atoms with Gasteiger partial charge >= 0.3 is 0 Å². The van der Waals surface area contributed by atoms with Gasteiger partial charge < -0.3 is 49.8 Å². The van der Waals surface area contributed by atoms with Crippen molar-refractivity contribution in [1.82, 2.24) is 50.4 Å². The minimum Gasteiger partial charge on any atom is -0.377 e. The molecule has 0 spiro atoms. The first kappa shape index (κ1) is 56.1. The van der Waals surface area contributed by atoms with E-state index < -0.39 is 23.9 Å². The first-order valence-electron chi connectivity index (χ1n) is 26.2. The Hall–Kier alpha value is -6.10. The van der Waals surface area contributed by atoms with Crippen molar-refractivity contribution >= 4 is 69.1 Å². The molecule has 22 heteroatoms. The van der Waals surface area contributed by atoms with E-state index in [2.05, 4.69) is 45.3 Å². The summed E-state index contributed by atoms with van der Waals surface area (Å²) < 4.78 is 35.0. The van der Waals surface area contributed by atoms with Crippen LogP contribution in [0.3, 0.4) is 0 Å². The van der Waals surface area contributed by atoms with E-state index in [1.54, 1.807) is 51.8 Å². The highest BCUT2D eigenvalue weighted by Gasteiger charge is 2.37. The Morgan fingerprint density at radius 3 is 2.13 bits per heavy atom. The Morgan fingerprint density at radius 1 is 0.816 bits per heavy atom. The first-order chi connectivity index (χ1) is 36.7. The number of rotatable bonds is 23. The maximum Gasteiger partial charge on any atom is 0.270 e. The van der Waals surface area contributed by atoms with Crippen molar-refractivity contribution in [3.05, 3.63) is 98.3 Å². The number of nitrogens with one attached hydrogen (secondary N) is 4. The normalized spacial score (nSPS) is 16.6. The molecule has 5 amide bonds. The fourth-order valence-electron chi connectivity index (χ4n) is 9.98. The molecule has 408 valence electrons. The van der Waals surface area contributed by atoms with Crippen LogP contribution in [0, 0.1) is 32.5 Å². The molecule has 8 rings (SSSR count). The summed E-state index contributed by atoms with van der Waals surface area (Å²) in [6, 6.07) is 11.7. The molecule has 76 heavy (non-hydrogen) atoms. The van der Waals surface area contributed by atoms with Crippen LogP contribution in [0.25, 0.3) is 15.9 Å². The summed E-state index contributed by atoms with van der Waals surface area (Å²) in [5.41, 5.74) is 4.56. The number of aliphatic imine (C=N–C) groups is 1. The number of halogens is 2. The number of carbonyl (C=O) groups is 5. The van der Waals surface area contributed by atoms with Gasteiger partial charge in [-0.2, -0.15) is 0 Å². The third kappa shape index (κ3) is 13.5. The summed E-state index contributed by atoms with van der Waals surface area (Å²) in [7, 11) is 1.70. The zero-order chi connectivity index (χ0) is 53.9. The number of thiophene rings is 1. The van der Waals surface area contributed by atoms with Crippen LogP contribution in [-0.2, 0) is 39.9 Å². The van der Waals surface area contributed by atoms with Crippen molar-refractivity contribution in [1.29, 1.82) is 0 Å². The average molecular weight is 1090 g/mol. The van der Waals surface area contributed by atoms with Gasteiger partial charge in [-0.25, -0.2) is 4.39 Å². The van der Waals surface area contributed by atoms with Crippen LogP contribution in [0.5, 0.6) is 0 Å². The third-order valence-electron chi connectivity index (χ3n) is 14.4. The number of benzene rings is 2. The molecule has 0 radical (unpaired) electrons. The molecule has 1 saturated heterocycles. The van der Waals surface area contributed by atoms with Gasteiger partial charge in [0.1, 0.15) is 41.0 Å². The second kappa shape index (κ2) is 26.3. The van der Waals surface area contributed by atoms with Gasteiger partial charge in [-0.05, 0) is 95.5 Å². The molecule has 2 aromatic carbocycles. The van der Waals surface area contributed by atoms with Gasteiger partial charge in [0, 0.05) is 71.2 Å². The molecule has 5 heterocycles. The number of likely N-dealkylation sites (N-methyl/N-ethyl adjacent to an activating group) is 1. The highest BCUT2D eigenvalue weighted by Crippen LogP contribution is 2.40. The van der Waals surface area contributed by atoms with E-state index in [1.807, 2.05) is 35.8 Å². The topological polar surface area (TPSA) is 216 Å². The van der Waals surface area contributed by atoms with E-state index in [-0.39, 0.29) is 107 Å². The van der Waals surface area contributed by atoms with Crippen LogP contribution >= 0.6 is 22.9 Å². The van der Waals surface area contributed by atoms with Crippen LogP contribution in [0.1, 0.15) is 95.2 Å². The van der Waals surface area contributed by atoms with Crippen LogP contribution in [0.15, 0.2) is 53.5 Å². The minimum atomic E-state index is -0.633. The van der Waals surface area contributed by atoms with Crippen molar-refractivity contribution in [2.45, 2.75) is 90.9 Å². The first-order valence-corrected chi connectivity index (χ1v) is 27.4. The lowest BCUT2D eigenvalue weighted by molar-refractivity contribution is -0.140. The second-order valence-electron chi connectivity index (χ2n) is 19.5. The number of piperazine rings is 1. The molecule has 1 aliphatic carbocycles. The molecule has 3 atom stereocenters. The predicted octanol–water partition coefficient (Wildman–Crippen LogP) is 5.22. The molecule has 2 fully saturated rings. The predicted molar refractivity (Wildman–Crippen MR) is 288 cm³/mol. The largest absolute Gasteiger partial charge is 0.377 e. The van der Waals surface area contributed by atoms with E-state index in [1.165, 1.54) is 12.1 Å². The lowest BCUT2D eigenvalue weighted by atomic mass is 9.83. The van der Waals surface area contributed by atoms with Gasteiger partial charge in [-0.15, -0.1) is 21.5 Å². The van der Waals surface area contributed by atoms with E-state index in [9.17, 15) is 28.4 Å². The Labute approximate surface area is 451 Å². The number of hydrogen-bond donors (Lipinski definition) is 4. The highest BCUT2D eigenvalue weighted by molar-refractivity contribution is 7.15. The molecule has 1 unspecified atom stereocenters. The Balaban J connectivity index is 0.728. The average Bonchev–Trinajstić information content (AvgIpc) is 4.06. The highest BCUT2D eigenvalue weighted by atomic mass is 35.5. The number of hydrogen-bond acceptors (Lipinski definition) is 13. The van der Waals surface area contributed by atoms with Gasteiger partial charge in [0.15, 0.2) is 5.82 Å². The molecule has 3 aliphatic rings. The summed E-state index contributed by atoms with van der Waals surface area (Å²) in [6.45, 7) is 11.0. The Kier molecular flexibility index (Phi) is 19.4. The summed E-state index contributed by atoms with van der Waals surface area (Å²) in [6.07, 6.45) is 4.94. The molecular weight excluding hydrogens is 1020 g/mol. The Bertz CT molecular complexity index is 2890. The fraction of sp³-hybridized carbons (Fsp3) is 0.519. The van der Waals surface area contributed by atoms with Crippen molar-refractivity contribution < 1.29 is 42.6 Å². The van der Waals surface area contributed by atoms with Crippen LogP contribution < -0.4 is 21.3 Å². The smallest absolute Gasteiger partial charge is 0.270 e. The quantitative estimate of drug-likeness (QED) is 0.0622. The van der Waals surface area contributed by atoms with Crippen molar-refractivity contribution in [2.24, 2.45) is 10.9 Å². The van der Waals surface area contributed by atoms with Gasteiger partial charge in [0.2, 0.25) is 23.6 Å². The molecule has 2 aliphatic heterocycles. The lowest BCUT2D eigenvalue weighted by Crippen LogP contribution is -2.59. The van der Waals surface area contributed by atoms with Gasteiger partial charge in [-0.1, -0.05) is 43.0 Å². The number of aromatic nitrogens is 4. The molecule has 1 saturated carbocycles. The molecule has 5 aromatic rings. The second-order valence-corrected chi connectivity index (χ2v) is 21.1. The number of fused-ring (bicyclic) bond motifs is 4. The monoisotopic (exact) mass is 1090 g/mol.